The maximum absolute atomic E-state index is 14.6. The molecule has 35 heavy (non-hydrogen) atoms. The standard InChI is InChI=1S/C23H21F4N5O3/c1-13(32-7-6-23(26,27)17(12-32)14-2-5-20(33)29-9-14)21(34)31-19-4-3-16(11-28-19)35-22-18(25)8-15(24)10-30-22/h2-5,8-11,13,17H,6-7,12H2,1H3,(H,29,33)(H,28,31,34). The van der Waals surface area contributed by atoms with Gasteiger partial charge in [0, 0.05) is 37.8 Å². The van der Waals surface area contributed by atoms with E-state index in [0.717, 1.165) is 6.20 Å². The van der Waals surface area contributed by atoms with Gasteiger partial charge in [-0.25, -0.2) is 27.5 Å². The first-order valence-corrected chi connectivity index (χ1v) is 10.7. The number of nitrogens with one attached hydrogen (secondary N) is 2. The predicted molar refractivity (Wildman–Crippen MR) is 117 cm³/mol. The average molecular weight is 491 g/mol. The Morgan fingerprint density at radius 2 is 2.03 bits per heavy atom. The molecule has 184 valence electrons. The third-order valence-electron chi connectivity index (χ3n) is 5.77. The Balaban J connectivity index is 1.39. The van der Waals surface area contributed by atoms with Gasteiger partial charge >= 0.3 is 0 Å². The predicted octanol–water partition coefficient (Wildman–Crippen LogP) is 3.69. The van der Waals surface area contributed by atoms with E-state index in [9.17, 15) is 27.2 Å². The van der Waals surface area contributed by atoms with Crippen LogP contribution in [0.4, 0.5) is 23.4 Å². The summed E-state index contributed by atoms with van der Waals surface area (Å²) in [4.78, 5) is 35.6. The third kappa shape index (κ3) is 5.65. The zero-order chi connectivity index (χ0) is 25.2. The van der Waals surface area contributed by atoms with E-state index < -0.39 is 47.7 Å². The molecular weight excluding hydrogens is 470 g/mol. The van der Waals surface area contributed by atoms with Gasteiger partial charge in [-0.15, -0.1) is 0 Å². The number of nitrogens with zero attached hydrogens (tertiary/aromatic N) is 3. The highest BCUT2D eigenvalue weighted by Crippen LogP contribution is 2.40. The number of aromatic nitrogens is 3. The van der Waals surface area contributed by atoms with E-state index in [2.05, 4.69) is 20.3 Å². The lowest BCUT2D eigenvalue weighted by atomic mass is 9.87. The molecular formula is C23H21F4N5O3. The second-order valence-electron chi connectivity index (χ2n) is 8.13. The van der Waals surface area contributed by atoms with Crippen molar-refractivity contribution in [1.82, 2.24) is 19.9 Å². The Bertz CT molecular complexity index is 1250. The Morgan fingerprint density at radius 3 is 2.69 bits per heavy atom. The fourth-order valence-corrected chi connectivity index (χ4v) is 3.77. The first-order chi connectivity index (χ1) is 16.6. The van der Waals surface area contributed by atoms with Crippen LogP contribution >= 0.6 is 0 Å². The number of alkyl halides is 2. The molecule has 1 aliphatic rings. The molecule has 2 unspecified atom stereocenters. The molecule has 2 atom stereocenters. The molecule has 0 bridgehead atoms. The number of carbonyl (C=O) groups is 1. The van der Waals surface area contributed by atoms with E-state index in [1.54, 1.807) is 11.8 Å². The molecule has 1 aliphatic heterocycles. The quantitative estimate of drug-likeness (QED) is 0.511. The van der Waals surface area contributed by atoms with Crippen LogP contribution in [0.1, 0.15) is 24.8 Å². The van der Waals surface area contributed by atoms with E-state index in [0.29, 0.717) is 6.07 Å². The minimum atomic E-state index is -2.98. The molecule has 8 nitrogen and oxygen atoms in total. The van der Waals surface area contributed by atoms with Gasteiger partial charge in [-0.3, -0.25) is 14.5 Å². The van der Waals surface area contributed by atoms with E-state index in [1.807, 2.05) is 0 Å². The van der Waals surface area contributed by atoms with Gasteiger partial charge in [0.1, 0.15) is 17.4 Å². The summed E-state index contributed by atoms with van der Waals surface area (Å²) in [6, 6.07) is 5.27. The molecule has 0 saturated carbocycles. The molecule has 4 heterocycles. The first-order valence-electron chi connectivity index (χ1n) is 10.7. The topological polar surface area (TPSA) is 100 Å². The fourth-order valence-electron chi connectivity index (χ4n) is 3.77. The van der Waals surface area contributed by atoms with E-state index >= 15 is 0 Å². The van der Waals surface area contributed by atoms with Crippen molar-refractivity contribution < 1.29 is 27.1 Å². The Kier molecular flexibility index (Phi) is 6.83. The molecule has 3 aromatic rings. The van der Waals surface area contributed by atoms with E-state index in [1.165, 1.54) is 36.7 Å². The zero-order valence-electron chi connectivity index (χ0n) is 18.5. The Morgan fingerprint density at radius 1 is 1.23 bits per heavy atom. The summed E-state index contributed by atoms with van der Waals surface area (Å²) < 4.78 is 61.0. The number of halogens is 4. The summed E-state index contributed by atoms with van der Waals surface area (Å²) in [5.41, 5.74) is -0.100. The van der Waals surface area contributed by atoms with Gasteiger partial charge in [-0.1, -0.05) is 6.07 Å². The number of pyridine rings is 3. The molecule has 0 aliphatic carbocycles. The van der Waals surface area contributed by atoms with Gasteiger partial charge in [0.2, 0.25) is 11.5 Å². The number of piperidine rings is 1. The molecule has 2 N–H and O–H groups in total. The molecule has 0 radical (unpaired) electrons. The lowest BCUT2D eigenvalue weighted by Crippen LogP contribution is -2.52. The van der Waals surface area contributed by atoms with Crippen LogP contribution in [0.3, 0.4) is 0 Å². The number of carbonyl (C=O) groups excluding carboxylic acids is 1. The fraction of sp³-hybridized carbons (Fsp3) is 0.304. The van der Waals surface area contributed by atoms with Crippen molar-refractivity contribution in [2.75, 3.05) is 18.4 Å². The maximum atomic E-state index is 14.6. The van der Waals surface area contributed by atoms with Crippen molar-refractivity contribution in [1.29, 1.82) is 0 Å². The van der Waals surface area contributed by atoms with Crippen LogP contribution in [-0.4, -0.2) is 50.8 Å². The number of ether oxygens (including phenoxy) is 1. The Hall–Kier alpha value is -3.80. The summed E-state index contributed by atoms with van der Waals surface area (Å²) >= 11 is 0. The number of anilines is 1. The van der Waals surface area contributed by atoms with Crippen LogP contribution in [0.15, 0.2) is 53.7 Å². The van der Waals surface area contributed by atoms with Gasteiger partial charge in [-0.2, -0.15) is 0 Å². The number of aromatic amines is 1. The number of hydrogen-bond acceptors (Lipinski definition) is 6. The summed E-state index contributed by atoms with van der Waals surface area (Å²) in [5.74, 6) is -6.61. The first kappa shape index (κ1) is 24.3. The highest BCUT2D eigenvalue weighted by molar-refractivity contribution is 5.93. The number of likely N-dealkylation sites (tertiary alicyclic amines) is 1. The highest BCUT2D eigenvalue weighted by atomic mass is 19.3. The van der Waals surface area contributed by atoms with E-state index in [4.69, 9.17) is 4.74 Å². The third-order valence-corrected chi connectivity index (χ3v) is 5.77. The molecule has 12 heteroatoms. The monoisotopic (exact) mass is 491 g/mol. The summed E-state index contributed by atoms with van der Waals surface area (Å²) in [5, 5.41) is 2.61. The Labute approximate surface area is 197 Å². The van der Waals surface area contributed by atoms with Crippen molar-refractivity contribution in [2.24, 2.45) is 0 Å². The molecule has 1 amide bonds. The summed E-state index contributed by atoms with van der Waals surface area (Å²) in [6.45, 7) is 1.53. The van der Waals surface area contributed by atoms with Crippen LogP contribution < -0.4 is 15.6 Å². The normalized spacial score (nSPS) is 18.6. The second-order valence-corrected chi connectivity index (χ2v) is 8.13. The molecule has 1 fully saturated rings. The second kappa shape index (κ2) is 9.82. The summed E-state index contributed by atoms with van der Waals surface area (Å²) in [7, 11) is 0. The number of amides is 1. The largest absolute Gasteiger partial charge is 0.435 e. The molecule has 3 aromatic heterocycles. The van der Waals surface area contributed by atoms with Crippen LogP contribution in [0, 0.1) is 11.6 Å². The molecule has 0 spiro atoms. The van der Waals surface area contributed by atoms with Gasteiger partial charge < -0.3 is 15.0 Å². The lowest BCUT2D eigenvalue weighted by molar-refractivity contribution is -0.125. The van der Waals surface area contributed by atoms with Gasteiger partial charge in [0.05, 0.1) is 24.4 Å². The van der Waals surface area contributed by atoms with Crippen molar-refractivity contribution in [2.45, 2.75) is 31.2 Å². The average Bonchev–Trinajstić information content (AvgIpc) is 2.82. The molecule has 4 rings (SSSR count). The summed E-state index contributed by atoms with van der Waals surface area (Å²) in [6.07, 6.45) is 2.86. The van der Waals surface area contributed by atoms with Gasteiger partial charge in [-0.05, 0) is 24.6 Å². The van der Waals surface area contributed by atoms with Crippen molar-refractivity contribution in [3.63, 3.8) is 0 Å². The van der Waals surface area contributed by atoms with Crippen LogP contribution in [-0.2, 0) is 4.79 Å². The number of rotatable bonds is 6. The number of hydrogen-bond donors (Lipinski definition) is 2. The van der Waals surface area contributed by atoms with Gasteiger partial charge in [0.25, 0.3) is 11.8 Å². The number of H-pyrrole nitrogens is 1. The van der Waals surface area contributed by atoms with Crippen molar-refractivity contribution in [3.8, 4) is 11.6 Å². The van der Waals surface area contributed by atoms with Crippen LogP contribution in [0.25, 0.3) is 0 Å². The van der Waals surface area contributed by atoms with Crippen LogP contribution in [0.5, 0.6) is 11.6 Å². The maximum Gasteiger partial charge on any atom is 0.257 e. The molecule has 1 saturated heterocycles. The highest BCUT2D eigenvalue weighted by Gasteiger charge is 2.46. The van der Waals surface area contributed by atoms with E-state index in [-0.39, 0.29) is 35.8 Å². The minimum Gasteiger partial charge on any atom is -0.435 e. The minimum absolute atomic E-state index is 0.0118. The zero-order valence-corrected chi connectivity index (χ0v) is 18.5. The van der Waals surface area contributed by atoms with Crippen LogP contribution in [0.2, 0.25) is 0 Å². The van der Waals surface area contributed by atoms with Crippen molar-refractivity contribution >= 4 is 11.7 Å². The molecule has 0 aromatic carbocycles. The smallest absolute Gasteiger partial charge is 0.257 e. The van der Waals surface area contributed by atoms with Crippen molar-refractivity contribution in [3.05, 3.63) is 76.5 Å². The van der Waals surface area contributed by atoms with Gasteiger partial charge in [0.15, 0.2) is 5.82 Å². The lowest BCUT2D eigenvalue weighted by Gasteiger charge is -2.40. The SMILES string of the molecule is CC(C(=O)Nc1ccc(Oc2ncc(F)cc2F)cn1)N1CCC(F)(F)C(c2ccc(=O)[nH]c2)C1.